The summed E-state index contributed by atoms with van der Waals surface area (Å²) in [5.41, 5.74) is 2.50. The summed E-state index contributed by atoms with van der Waals surface area (Å²) in [5.74, 6) is -0.230. The van der Waals surface area contributed by atoms with Gasteiger partial charge in [-0.2, -0.15) is 0 Å². The number of fused-ring (bicyclic) bond motifs is 3. The third-order valence-electron chi connectivity index (χ3n) is 4.03. The van der Waals surface area contributed by atoms with Gasteiger partial charge in [-0.3, -0.25) is 4.79 Å². The Hall–Kier alpha value is -2.10. The van der Waals surface area contributed by atoms with Gasteiger partial charge in [-0.25, -0.2) is 4.79 Å². The van der Waals surface area contributed by atoms with Crippen LogP contribution in [0.15, 0.2) is 15.3 Å². The molecule has 0 saturated heterocycles. The van der Waals surface area contributed by atoms with E-state index >= 15 is 0 Å². The second kappa shape index (κ2) is 4.47. The monoisotopic (exact) mass is 272 g/mol. The fraction of sp³-hybridized carbons (Fsp3) is 0.375. The molecule has 0 amide bonds. The molecule has 0 radical (unpaired) electrons. The second-order valence-electron chi connectivity index (χ2n) is 5.40. The molecule has 0 fully saturated rings. The lowest BCUT2D eigenvalue weighted by molar-refractivity contribution is 0.101. The Labute approximate surface area is 116 Å². The van der Waals surface area contributed by atoms with Crippen molar-refractivity contribution in [3.05, 3.63) is 38.7 Å². The van der Waals surface area contributed by atoms with Crippen LogP contribution in [0.25, 0.3) is 11.0 Å². The van der Waals surface area contributed by atoms with E-state index in [9.17, 15) is 14.7 Å². The summed E-state index contributed by atoms with van der Waals surface area (Å²) in [4.78, 5) is 23.7. The van der Waals surface area contributed by atoms with Crippen LogP contribution in [0, 0.1) is 6.92 Å². The van der Waals surface area contributed by atoms with Crippen molar-refractivity contribution in [3.63, 3.8) is 0 Å². The average molecular weight is 272 g/mol. The van der Waals surface area contributed by atoms with E-state index in [1.807, 2.05) is 0 Å². The number of carbonyl (C=O) groups excluding carboxylic acids is 1. The molecule has 1 aliphatic rings. The molecule has 0 aliphatic heterocycles. The lowest BCUT2D eigenvalue weighted by Gasteiger charge is -2.18. The van der Waals surface area contributed by atoms with Gasteiger partial charge < -0.3 is 9.52 Å². The first-order valence-corrected chi connectivity index (χ1v) is 6.82. The molecule has 20 heavy (non-hydrogen) atoms. The standard InChI is InChI=1S/C16H16O4/c1-8-7-12-14(15(18)13(8)9(2)17)10-5-3-4-6-11(10)16(19)20-12/h7,18H,3-6H2,1-2H3. The zero-order chi connectivity index (χ0) is 14.4. The van der Waals surface area contributed by atoms with Crippen LogP contribution in [0.5, 0.6) is 5.75 Å². The lowest BCUT2D eigenvalue weighted by Crippen LogP contribution is -2.16. The Balaban J connectivity index is 2.49. The number of phenolic OH excluding ortho intramolecular Hbond substituents is 1. The number of ketones is 1. The number of rotatable bonds is 1. The lowest BCUT2D eigenvalue weighted by atomic mass is 9.88. The topological polar surface area (TPSA) is 67.5 Å². The molecular weight excluding hydrogens is 256 g/mol. The largest absolute Gasteiger partial charge is 0.506 e. The van der Waals surface area contributed by atoms with E-state index < -0.39 is 0 Å². The highest BCUT2D eigenvalue weighted by Crippen LogP contribution is 2.36. The number of hydrogen-bond donors (Lipinski definition) is 1. The van der Waals surface area contributed by atoms with Crippen molar-refractivity contribution in [1.29, 1.82) is 0 Å². The number of Topliss-reactive ketones (excluding diaryl/α,β-unsaturated/α-hetero) is 1. The summed E-state index contributed by atoms with van der Waals surface area (Å²) in [6, 6.07) is 1.67. The van der Waals surface area contributed by atoms with Crippen LogP contribution in [0.1, 0.15) is 46.8 Å². The highest BCUT2D eigenvalue weighted by atomic mass is 16.4. The van der Waals surface area contributed by atoms with E-state index in [4.69, 9.17) is 4.42 Å². The number of carbonyl (C=O) groups is 1. The van der Waals surface area contributed by atoms with Crippen molar-refractivity contribution >= 4 is 16.8 Å². The van der Waals surface area contributed by atoms with E-state index in [0.29, 0.717) is 34.1 Å². The quantitative estimate of drug-likeness (QED) is 0.640. The highest BCUT2D eigenvalue weighted by molar-refractivity contribution is 6.04. The zero-order valence-electron chi connectivity index (χ0n) is 11.6. The third kappa shape index (κ3) is 1.75. The first-order valence-electron chi connectivity index (χ1n) is 6.82. The van der Waals surface area contributed by atoms with Gasteiger partial charge in [-0.15, -0.1) is 0 Å². The van der Waals surface area contributed by atoms with Gasteiger partial charge in [0, 0.05) is 5.56 Å². The Morgan fingerprint density at radius 1 is 1.25 bits per heavy atom. The predicted molar refractivity (Wildman–Crippen MR) is 75.5 cm³/mol. The van der Waals surface area contributed by atoms with Crippen LogP contribution in [0.3, 0.4) is 0 Å². The van der Waals surface area contributed by atoms with Crippen molar-refractivity contribution in [3.8, 4) is 5.75 Å². The first-order chi connectivity index (χ1) is 9.50. The maximum Gasteiger partial charge on any atom is 0.339 e. The van der Waals surface area contributed by atoms with E-state index in [-0.39, 0.29) is 17.2 Å². The van der Waals surface area contributed by atoms with Gasteiger partial charge in [0.05, 0.1) is 10.9 Å². The summed E-state index contributed by atoms with van der Waals surface area (Å²) >= 11 is 0. The Bertz CT molecular complexity index is 783. The molecule has 0 saturated carbocycles. The van der Waals surface area contributed by atoms with Crippen molar-refractivity contribution < 1.29 is 14.3 Å². The summed E-state index contributed by atoms with van der Waals surface area (Å²) in [7, 11) is 0. The molecule has 1 aliphatic carbocycles. The molecule has 1 heterocycles. The number of benzene rings is 1. The Kier molecular flexibility index (Phi) is 2.89. The molecule has 1 N–H and O–H groups in total. The van der Waals surface area contributed by atoms with Crippen LogP contribution in [0.2, 0.25) is 0 Å². The minimum Gasteiger partial charge on any atom is -0.506 e. The molecule has 1 aromatic heterocycles. The first kappa shape index (κ1) is 12.9. The summed E-state index contributed by atoms with van der Waals surface area (Å²) < 4.78 is 5.33. The fourth-order valence-electron chi connectivity index (χ4n) is 3.15. The molecule has 3 rings (SSSR count). The van der Waals surface area contributed by atoms with Gasteiger partial charge in [-0.1, -0.05) is 0 Å². The van der Waals surface area contributed by atoms with E-state index in [2.05, 4.69) is 0 Å². The molecule has 0 unspecified atom stereocenters. The smallest absolute Gasteiger partial charge is 0.339 e. The second-order valence-corrected chi connectivity index (χ2v) is 5.40. The van der Waals surface area contributed by atoms with E-state index in [1.54, 1.807) is 13.0 Å². The van der Waals surface area contributed by atoms with Crippen molar-refractivity contribution in [2.75, 3.05) is 0 Å². The molecule has 0 spiro atoms. The van der Waals surface area contributed by atoms with Gasteiger partial charge in [0.1, 0.15) is 11.3 Å². The minimum atomic E-state index is -0.318. The molecule has 104 valence electrons. The molecule has 0 bridgehead atoms. The van der Waals surface area contributed by atoms with Crippen LogP contribution in [-0.2, 0) is 12.8 Å². The maximum absolute atomic E-state index is 12.0. The Morgan fingerprint density at radius 3 is 2.55 bits per heavy atom. The summed E-state index contributed by atoms with van der Waals surface area (Å²) in [6.45, 7) is 3.16. The van der Waals surface area contributed by atoms with Crippen molar-refractivity contribution in [2.45, 2.75) is 39.5 Å². The van der Waals surface area contributed by atoms with Crippen LogP contribution < -0.4 is 5.63 Å². The van der Waals surface area contributed by atoms with Crippen LogP contribution in [-0.4, -0.2) is 10.9 Å². The molecule has 2 aromatic rings. The summed E-state index contributed by atoms with van der Waals surface area (Å²) in [5, 5.41) is 11.0. The van der Waals surface area contributed by atoms with Crippen molar-refractivity contribution in [2.24, 2.45) is 0 Å². The molecule has 1 aromatic carbocycles. The van der Waals surface area contributed by atoms with Crippen molar-refractivity contribution in [1.82, 2.24) is 0 Å². The molecule has 4 nitrogen and oxygen atoms in total. The Morgan fingerprint density at radius 2 is 1.90 bits per heavy atom. The summed E-state index contributed by atoms with van der Waals surface area (Å²) in [6.07, 6.45) is 3.35. The third-order valence-corrected chi connectivity index (χ3v) is 4.03. The number of hydrogen-bond acceptors (Lipinski definition) is 4. The van der Waals surface area contributed by atoms with E-state index in [0.717, 1.165) is 24.8 Å². The number of aryl methyl sites for hydroxylation is 2. The molecule has 4 heteroatoms. The molecular formula is C16H16O4. The highest BCUT2D eigenvalue weighted by Gasteiger charge is 2.23. The van der Waals surface area contributed by atoms with E-state index in [1.165, 1.54) is 6.92 Å². The van der Waals surface area contributed by atoms with Gasteiger partial charge in [-0.05, 0) is 56.7 Å². The minimum absolute atomic E-state index is 0.0469. The normalized spacial score (nSPS) is 14.3. The zero-order valence-corrected chi connectivity index (χ0v) is 11.6. The van der Waals surface area contributed by atoms with Gasteiger partial charge in [0.25, 0.3) is 0 Å². The van der Waals surface area contributed by atoms with Gasteiger partial charge in [0.15, 0.2) is 5.78 Å². The van der Waals surface area contributed by atoms with Crippen LogP contribution >= 0.6 is 0 Å². The fourth-order valence-corrected chi connectivity index (χ4v) is 3.15. The predicted octanol–water partition coefficient (Wildman–Crippen LogP) is 2.89. The van der Waals surface area contributed by atoms with Gasteiger partial charge >= 0.3 is 5.63 Å². The number of phenols is 1. The van der Waals surface area contributed by atoms with Gasteiger partial charge in [0.2, 0.25) is 0 Å². The van der Waals surface area contributed by atoms with Crippen LogP contribution in [0.4, 0.5) is 0 Å². The average Bonchev–Trinajstić information content (AvgIpc) is 2.37. The SMILES string of the molecule is CC(=O)c1c(C)cc2oc(=O)c3c(c2c1O)CCCC3. The maximum atomic E-state index is 12.0. The molecule has 0 atom stereocenters. The number of aromatic hydroxyl groups is 1.